The molecule has 142 valence electrons. The maximum atomic E-state index is 13.1. The van der Waals surface area contributed by atoms with Gasteiger partial charge < -0.3 is 14.8 Å². The van der Waals surface area contributed by atoms with Crippen LogP contribution in [0, 0.1) is 0 Å². The molecule has 2 aromatic carbocycles. The van der Waals surface area contributed by atoms with Gasteiger partial charge in [-0.2, -0.15) is 0 Å². The van der Waals surface area contributed by atoms with E-state index in [-0.39, 0.29) is 36.7 Å². The largest absolute Gasteiger partial charge is 0.454 e. The van der Waals surface area contributed by atoms with Crippen molar-refractivity contribution in [3.05, 3.63) is 69.9 Å². The van der Waals surface area contributed by atoms with E-state index in [9.17, 15) is 9.59 Å². The standard InChI is InChI=1S/C22H18ClNO4/c23-16-4-2-1-3-14(16)13-7-17-22(18(25)8-13)15(10-21(26)24-17)12-5-6-19-20(9-12)28-11-27-19/h1-6,9,13,15H,7-8,10-11H2,(H,24,26)/t13-,15-/m0/s1. The molecule has 2 heterocycles. The molecule has 5 nitrogen and oxygen atoms in total. The Hall–Kier alpha value is -2.79. The van der Waals surface area contributed by atoms with E-state index in [1.165, 1.54) is 0 Å². The topological polar surface area (TPSA) is 64.6 Å². The third kappa shape index (κ3) is 2.87. The second-order valence-electron chi connectivity index (χ2n) is 7.36. The Morgan fingerprint density at radius 1 is 0.964 bits per heavy atom. The van der Waals surface area contributed by atoms with Crippen LogP contribution in [0.5, 0.6) is 11.5 Å². The van der Waals surface area contributed by atoms with Crippen LogP contribution in [0.2, 0.25) is 5.02 Å². The van der Waals surface area contributed by atoms with E-state index in [1.807, 2.05) is 42.5 Å². The van der Waals surface area contributed by atoms with Gasteiger partial charge in [0, 0.05) is 35.1 Å². The molecule has 0 saturated carbocycles. The summed E-state index contributed by atoms with van der Waals surface area (Å²) in [6.07, 6.45) is 1.23. The molecule has 0 bridgehead atoms. The van der Waals surface area contributed by atoms with Gasteiger partial charge in [-0.1, -0.05) is 35.9 Å². The first kappa shape index (κ1) is 17.3. The monoisotopic (exact) mass is 395 g/mol. The Bertz CT molecular complexity index is 1030. The zero-order valence-electron chi connectivity index (χ0n) is 15.0. The van der Waals surface area contributed by atoms with Gasteiger partial charge in [-0.15, -0.1) is 0 Å². The van der Waals surface area contributed by atoms with Crippen LogP contribution in [-0.2, 0) is 9.59 Å². The molecule has 1 aliphatic carbocycles. The number of hydrogen-bond acceptors (Lipinski definition) is 4. The quantitative estimate of drug-likeness (QED) is 0.832. The van der Waals surface area contributed by atoms with Crippen LogP contribution in [0.25, 0.3) is 0 Å². The SMILES string of the molecule is O=C1C[C@@H](c2ccc3c(c2)OCO3)C2=C(C[C@H](c3ccccc3Cl)CC2=O)N1. The van der Waals surface area contributed by atoms with Gasteiger partial charge >= 0.3 is 0 Å². The zero-order valence-corrected chi connectivity index (χ0v) is 15.8. The molecular weight excluding hydrogens is 378 g/mol. The molecule has 0 unspecified atom stereocenters. The number of ketones is 1. The molecule has 2 aromatic rings. The van der Waals surface area contributed by atoms with Crippen LogP contribution < -0.4 is 14.8 Å². The predicted molar refractivity (Wildman–Crippen MR) is 104 cm³/mol. The van der Waals surface area contributed by atoms with E-state index in [0.717, 1.165) is 16.8 Å². The maximum Gasteiger partial charge on any atom is 0.231 e. The van der Waals surface area contributed by atoms with E-state index >= 15 is 0 Å². The number of carbonyl (C=O) groups excluding carboxylic acids is 2. The van der Waals surface area contributed by atoms with Crippen molar-refractivity contribution in [3.8, 4) is 11.5 Å². The lowest BCUT2D eigenvalue weighted by Gasteiger charge is -2.34. The first-order valence-corrected chi connectivity index (χ1v) is 9.68. The first-order valence-electron chi connectivity index (χ1n) is 9.30. The van der Waals surface area contributed by atoms with Crippen molar-refractivity contribution in [1.29, 1.82) is 0 Å². The smallest absolute Gasteiger partial charge is 0.231 e. The molecule has 1 amide bonds. The van der Waals surface area contributed by atoms with Crippen LogP contribution in [0.4, 0.5) is 0 Å². The van der Waals surface area contributed by atoms with Crippen molar-refractivity contribution in [2.24, 2.45) is 0 Å². The average Bonchev–Trinajstić information content (AvgIpc) is 3.15. The van der Waals surface area contributed by atoms with Gasteiger partial charge in [-0.25, -0.2) is 0 Å². The number of fused-ring (bicyclic) bond motifs is 1. The fourth-order valence-electron chi connectivity index (χ4n) is 4.40. The van der Waals surface area contributed by atoms with E-state index < -0.39 is 0 Å². The van der Waals surface area contributed by atoms with Crippen molar-refractivity contribution in [1.82, 2.24) is 5.32 Å². The number of rotatable bonds is 2. The fourth-order valence-corrected chi connectivity index (χ4v) is 4.69. The van der Waals surface area contributed by atoms with Crippen LogP contribution in [0.1, 0.15) is 42.2 Å². The van der Waals surface area contributed by atoms with E-state index in [0.29, 0.717) is 34.9 Å². The number of ether oxygens (including phenoxy) is 2. The van der Waals surface area contributed by atoms with Crippen molar-refractivity contribution >= 4 is 23.3 Å². The van der Waals surface area contributed by atoms with Crippen LogP contribution in [-0.4, -0.2) is 18.5 Å². The summed E-state index contributed by atoms with van der Waals surface area (Å²) in [6.45, 7) is 0.191. The fraction of sp³-hybridized carbons (Fsp3) is 0.273. The summed E-state index contributed by atoms with van der Waals surface area (Å²) in [5, 5.41) is 3.59. The lowest BCUT2D eigenvalue weighted by atomic mass is 9.73. The number of hydrogen-bond donors (Lipinski definition) is 1. The highest BCUT2D eigenvalue weighted by molar-refractivity contribution is 6.31. The van der Waals surface area contributed by atoms with Crippen LogP contribution in [0.3, 0.4) is 0 Å². The molecule has 1 N–H and O–H groups in total. The molecular formula is C22H18ClNO4. The number of carbonyl (C=O) groups is 2. The van der Waals surface area contributed by atoms with Gasteiger partial charge in [0.2, 0.25) is 12.7 Å². The Labute approximate surface area is 167 Å². The molecule has 0 saturated heterocycles. The van der Waals surface area contributed by atoms with E-state index in [1.54, 1.807) is 0 Å². The number of halogens is 1. The van der Waals surface area contributed by atoms with Crippen molar-refractivity contribution in [2.45, 2.75) is 31.1 Å². The Morgan fingerprint density at radius 3 is 2.64 bits per heavy atom. The molecule has 0 spiro atoms. The Morgan fingerprint density at radius 2 is 1.79 bits per heavy atom. The summed E-state index contributed by atoms with van der Waals surface area (Å²) >= 11 is 6.35. The van der Waals surface area contributed by atoms with Crippen molar-refractivity contribution in [3.63, 3.8) is 0 Å². The second-order valence-corrected chi connectivity index (χ2v) is 7.77. The van der Waals surface area contributed by atoms with Gasteiger partial charge in [-0.05, 0) is 41.7 Å². The second kappa shape index (κ2) is 6.67. The summed E-state index contributed by atoms with van der Waals surface area (Å²) in [5.41, 5.74) is 3.28. The third-order valence-corrected chi connectivity index (χ3v) is 6.02. The number of benzene rings is 2. The minimum atomic E-state index is -0.266. The molecule has 6 heteroatoms. The lowest BCUT2D eigenvalue weighted by molar-refractivity contribution is -0.122. The average molecular weight is 396 g/mol. The summed E-state index contributed by atoms with van der Waals surface area (Å²) in [5.74, 6) is 1.03. The van der Waals surface area contributed by atoms with Gasteiger partial charge in [-0.3, -0.25) is 9.59 Å². The summed E-state index contributed by atoms with van der Waals surface area (Å²) in [6, 6.07) is 13.2. The predicted octanol–water partition coefficient (Wildman–Crippen LogP) is 4.07. The Balaban J connectivity index is 1.53. The van der Waals surface area contributed by atoms with E-state index in [4.69, 9.17) is 21.1 Å². The Kier molecular flexibility index (Phi) is 4.13. The number of Topliss-reactive ketones (excluding diaryl/α,β-unsaturated/α-hetero) is 1. The molecule has 3 aliphatic rings. The minimum absolute atomic E-state index is 0.0317. The van der Waals surface area contributed by atoms with Gasteiger partial charge in [0.15, 0.2) is 17.3 Å². The van der Waals surface area contributed by atoms with Crippen molar-refractivity contribution in [2.75, 3.05) is 6.79 Å². The molecule has 0 radical (unpaired) electrons. The maximum absolute atomic E-state index is 13.1. The van der Waals surface area contributed by atoms with Crippen LogP contribution in [0.15, 0.2) is 53.7 Å². The van der Waals surface area contributed by atoms with Crippen molar-refractivity contribution < 1.29 is 19.1 Å². The minimum Gasteiger partial charge on any atom is -0.454 e. The summed E-state index contributed by atoms with van der Waals surface area (Å²) < 4.78 is 10.8. The van der Waals surface area contributed by atoms with Gasteiger partial charge in [0.05, 0.1) is 0 Å². The highest BCUT2D eigenvalue weighted by atomic mass is 35.5. The first-order chi connectivity index (χ1) is 13.6. The molecule has 0 fully saturated rings. The van der Waals surface area contributed by atoms with Gasteiger partial charge in [0.1, 0.15) is 0 Å². The van der Waals surface area contributed by atoms with Gasteiger partial charge in [0.25, 0.3) is 0 Å². The molecule has 2 atom stereocenters. The van der Waals surface area contributed by atoms with Crippen LogP contribution >= 0.6 is 11.6 Å². The highest BCUT2D eigenvalue weighted by Crippen LogP contribution is 2.45. The lowest BCUT2D eigenvalue weighted by Crippen LogP contribution is -2.38. The number of nitrogens with one attached hydrogen (secondary N) is 1. The molecule has 5 rings (SSSR count). The third-order valence-electron chi connectivity index (χ3n) is 5.68. The normalized spacial score (nSPS) is 23.5. The molecule has 2 aliphatic heterocycles. The summed E-state index contributed by atoms with van der Waals surface area (Å²) in [4.78, 5) is 25.6. The number of allylic oxidation sites excluding steroid dienone is 2. The number of amides is 1. The van der Waals surface area contributed by atoms with E-state index in [2.05, 4.69) is 5.32 Å². The summed E-state index contributed by atoms with van der Waals surface area (Å²) in [7, 11) is 0. The highest BCUT2D eigenvalue weighted by Gasteiger charge is 2.39. The molecule has 28 heavy (non-hydrogen) atoms. The molecule has 0 aromatic heterocycles. The zero-order chi connectivity index (χ0) is 19.3.